The molecule has 4 atom stereocenters. The number of thioether (sulfide) groups is 1. The molecule has 0 amide bonds. The van der Waals surface area contributed by atoms with E-state index in [9.17, 15) is 4.79 Å². The average Bonchev–Trinajstić information content (AvgIpc) is 2.86. The first kappa shape index (κ1) is 20.7. The Morgan fingerprint density at radius 1 is 0.870 bits per heavy atom. The van der Waals surface area contributed by atoms with Crippen LogP contribution in [-0.2, 0) is 23.7 Å². The molecule has 5 nitrogen and oxygen atoms in total. The van der Waals surface area contributed by atoms with Gasteiger partial charge < -0.3 is 18.9 Å². The summed E-state index contributed by atoms with van der Waals surface area (Å²) in [5.41, 5.74) is 0. The Balaban J connectivity index is 2.71. The van der Waals surface area contributed by atoms with Crippen LogP contribution in [0.2, 0.25) is 0 Å². The summed E-state index contributed by atoms with van der Waals surface area (Å²) in [4.78, 5) is 11.1. The fourth-order valence-electron chi connectivity index (χ4n) is 2.53. The second-order valence-electron chi connectivity index (χ2n) is 5.76. The highest BCUT2D eigenvalue weighted by Crippen LogP contribution is 2.38. The van der Waals surface area contributed by atoms with Crippen LogP contribution in [0.4, 0.5) is 0 Å². The van der Waals surface area contributed by atoms with Gasteiger partial charge in [0, 0.05) is 26.7 Å². The topological polar surface area (TPSA) is 54.0 Å². The number of esters is 1. The van der Waals surface area contributed by atoms with Gasteiger partial charge in [-0.3, -0.25) is 4.79 Å². The summed E-state index contributed by atoms with van der Waals surface area (Å²) in [6.45, 7) is 10.9. The molecule has 1 heterocycles. The van der Waals surface area contributed by atoms with Crippen molar-refractivity contribution in [2.75, 3.05) is 33.0 Å². The van der Waals surface area contributed by atoms with Crippen LogP contribution in [0, 0.1) is 0 Å². The molecule has 0 bridgehead atoms. The van der Waals surface area contributed by atoms with Crippen molar-refractivity contribution in [2.24, 2.45) is 0 Å². The molecule has 0 spiro atoms. The number of carbonyl (C=O) groups is 1. The predicted octanol–water partition coefficient (Wildman–Crippen LogP) is 3.05. The van der Waals surface area contributed by atoms with E-state index in [1.165, 1.54) is 6.92 Å². The number of ether oxygens (including phenoxy) is 4. The maximum Gasteiger partial charge on any atom is 0.302 e. The summed E-state index contributed by atoms with van der Waals surface area (Å²) in [6.07, 6.45) is 2.87. The minimum atomic E-state index is -0.253. The Bertz CT molecular complexity index is 326. The Labute approximate surface area is 144 Å². The molecule has 0 N–H and O–H groups in total. The monoisotopic (exact) mass is 348 g/mol. The van der Waals surface area contributed by atoms with Gasteiger partial charge in [0.25, 0.3) is 0 Å². The van der Waals surface area contributed by atoms with Crippen LogP contribution in [-0.4, -0.2) is 61.7 Å². The highest BCUT2D eigenvalue weighted by molar-refractivity contribution is 8.01. The maximum absolute atomic E-state index is 11.1. The molecule has 1 rings (SSSR count). The van der Waals surface area contributed by atoms with Crippen LogP contribution in [0.3, 0.4) is 0 Å². The van der Waals surface area contributed by atoms with Crippen LogP contribution in [0.1, 0.15) is 47.0 Å². The summed E-state index contributed by atoms with van der Waals surface area (Å²) < 4.78 is 23.1. The van der Waals surface area contributed by atoms with Crippen molar-refractivity contribution in [3.63, 3.8) is 0 Å². The van der Waals surface area contributed by atoms with E-state index in [1.807, 2.05) is 0 Å². The molecule has 0 saturated carbocycles. The van der Waals surface area contributed by atoms with Crippen LogP contribution < -0.4 is 0 Å². The van der Waals surface area contributed by atoms with E-state index in [0.717, 1.165) is 25.9 Å². The van der Waals surface area contributed by atoms with Crippen molar-refractivity contribution in [2.45, 2.75) is 69.7 Å². The number of rotatable bonds is 12. The van der Waals surface area contributed by atoms with E-state index in [2.05, 4.69) is 20.8 Å². The van der Waals surface area contributed by atoms with E-state index < -0.39 is 0 Å². The Hall–Kier alpha value is -0.300. The fraction of sp³-hybridized carbons (Fsp3) is 0.941. The van der Waals surface area contributed by atoms with E-state index >= 15 is 0 Å². The summed E-state index contributed by atoms with van der Waals surface area (Å²) in [5.74, 6) is -0.253. The molecule has 1 aliphatic heterocycles. The molecule has 0 radical (unpaired) electrons. The van der Waals surface area contributed by atoms with Crippen LogP contribution in [0.5, 0.6) is 0 Å². The summed E-state index contributed by atoms with van der Waals surface area (Å²) in [6, 6.07) is 0. The minimum absolute atomic E-state index is 0.0103. The largest absolute Gasteiger partial charge is 0.465 e. The van der Waals surface area contributed by atoms with Gasteiger partial charge in [-0.05, 0) is 19.3 Å². The van der Waals surface area contributed by atoms with Crippen molar-refractivity contribution < 1.29 is 23.7 Å². The molecule has 1 aliphatic rings. The molecule has 23 heavy (non-hydrogen) atoms. The minimum Gasteiger partial charge on any atom is -0.465 e. The maximum atomic E-state index is 11.1. The lowest BCUT2D eigenvalue weighted by atomic mass is 10.1. The molecule has 1 saturated heterocycles. The molecule has 1 fully saturated rings. The SMILES string of the molecule is CCCOC[C@@H]1SC(COC(C)=O)[C@H](OCCC)[C@H]1OCCC. The normalized spacial score (nSPS) is 27.3. The Kier molecular flexibility index (Phi) is 10.9. The van der Waals surface area contributed by atoms with Crippen molar-refractivity contribution in [1.82, 2.24) is 0 Å². The van der Waals surface area contributed by atoms with Gasteiger partial charge in [0.2, 0.25) is 0 Å². The number of carbonyl (C=O) groups excluding carboxylic acids is 1. The molecule has 0 aromatic carbocycles. The van der Waals surface area contributed by atoms with E-state index in [0.29, 0.717) is 26.4 Å². The Morgan fingerprint density at radius 3 is 1.87 bits per heavy atom. The van der Waals surface area contributed by atoms with Gasteiger partial charge in [0.1, 0.15) is 6.61 Å². The first-order chi connectivity index (χ1) is 11.1. The van der Waals surface area contributed by atoms with Crippen molar-refractivity contribution in [1.29, 1.82) is 0 Å². The van der Waals surface area contributed by atoms with Crippen molar-refractivity contribution in [3.8, 4) is 0 Å². The first-order valence-corrected chi connectivity index (χ1v) is 9.68. The van der Waals surface area contributed by atoms with E-state index in [-0.39, 0.29) is 28.7 Å². The third kappa shape index (κ3) is 7.42. The highest BCUT2D eigenvalue weighted by Gasteiger charge is 2.46. The van der Waals surface area contributed by atoms with Crippen LogP contribution in [0.15, 0.2) is 0 Å². The molecule has 0 aromatic heterocycles. The lowest BCUT2D eigenvalue weighted by Crippen LogP contribution is -2.40. The van der Waals surface area contributed by atoms with Crippen LogP contribution in [0.25, 0.3) is 0 Å². The van der Waals surface area contributed by atoms with E-state index in [1.54, 1.807) is 11.8 Å². The van der Waals surface area contributed by atoms with Crippen molar-refractivity contribution >= 4 is 17.7 Å². The van der Waals surface area contributed by atoms with Gasteiger partial charge in [-0.2, -0.15) is 0 Å². The second-order valence-corrected chi connectivity index (χ2v) is 7.24. The molecule has 136 valence electrons. The quantitative estimate of drug-likeness (QED) is 0.399. The standard InChI is InChI=1S/C17H32O5S/c1-5-8-19-11-14-16(20-9-6-2)17(21-10-7-3)15(23-14)12-22-13(4)18/h14-17H,5-12H2,1-4H3/t14-,15?,16-,17-/m0/s1. The Morgan fingerprint density at radius 2 is 1.39 bits per heavy atom. The third-order valence-corrected chi connectivity index (χ3v) is 5.02. The second kappa shape index (κ2) is 12.1. The van der Waals surface area contributed by atoms with Crippen molar-refractivity contribution in [3.05, 3.63) is 0 Å². The average molecular weight is 349 g/mol. The molecular weight excluding hydrogens is 316 g/mol. The zero-order chi connectivity index (χ0) is 17.1. The fourth-order valence-corrected chi connectivity index (χ4v) is 4.07. The van der Waals surface area contributed by atoms with Gasteiger partial charge in [-0.1, -0.05) is 20.8 Å². The molecule has 0 aromatic rings. The summed E-state index contributed by atoms with van der Waals surface area (Å²) in [7, 11) is 0. The highest BCUT2D eigenvalue weighted by atomic mass is 32.2. The predicted molar refractivity (Wildman–Crippen MR) is 93.0 cm³/mol. The number of hydrogen-bond donors (Lipinski definition) is 0. The van der Waals surface area contributed by atoms with Gasteiger partial charge in [-0.15, -0.1) is 11.8 Å². The molecule has 0 aliphatic carbocycles. The van der Waals surface area contributed by atoms with Gasteiger partial charge in [-0.25, -0.2) is 0 Å². The lowest BCUT2D eigenvalue weighted by Gasteiger charge is -2.26. The first-order valence-electron chi connectivity index (χ1n) is 8.73. The van der Waals surface area contributed by atoms with Crippen LogP contribution >= 0.6 is 11.8 Å². The zero-order valence-electron chi connectivity index (χ0n) is 14.9. The molecule has 1 unspecified atom stereocenters. The zero-order valence-corrected chi connectivity index (χ0v) is 15.7. The smallest absolute Gasteiger partial charge is 0.302 e. The van der Waals surface area contributed by atoms with Gasteiger partial charge >= 0.3 is 5.97 Å². The van der Waals surface area contributed by atoms with Gasteiger partial charge in [0.05, 0.1) is 29.3 Å². The molecular formula is C17H32O5S. The number of hydrogen-bond acceptors (Lipinski definition) is 6. The van der Waals surface area contributed by atoms with Gasteiger partial charge in [0.15, 0.2) is 0 Å². The molecule has 6 heteroatoms. The summed E-state index contributed by atoms with van der Waals surface area (Å²) >= 11 is 1.77. The van der Waals surface area contributed by atoms with E-state index in [4.69, 9.17) is 18.9 Å². The lowest BCUT2D eigenvalue weighted by molar-refractivity contribution is -0.142. The summed E-state index contributed by atoms with van der Waals surface area (Å²) in [5, 5.41) is 0.318. The third-order valence-electron chi connectivity index (χ3n) is 3.52.